The van der Waals surface area contributed by atoms with Gasteiger partial charge in [0.15, 0.2) is 0 Å². The highest BCUT2D eigenvalue weighted by molar-refractivity contribution is 7.11. The van der Waals surface area contributed by atoms with Crippen molar-refractivity contribution in [3.8, 4) is 11.1 Å². The molecule has 0 fully saturated rings. The highest BCUT2D eigenvalue weighted by Crippen LogP contribution is 2.29. The van der Waals surface area contributed by atoms with E-state index in [1.54, 1.807) is 12.4 Å². The standard InChI is InChI=1S/C12H9FNS/c1-2-11(13)12-7-10(8-15-12)9-3-5-14-6-4-9/h2-8H,1H2/b11-2-. The maximum absolute atomic E-state index is 13.2. The third-order valence-corrected chi connectivity index (χ3v) is 2.97. The van der Waals surface area contributed by atoms with Crippen LogP contribution in [0.25, 0.3) is 17.0 Å². The molecule has 75 valence electrons. The first-order chi connectivity index (χ1) is 7.31. The fourth-order valence-electron chi connectivity index (χ4n) is 1.26. The molecule has 0 saturated heterocycles. The average molecular weight is 218 g/mol. The molecule has 1 radical (unpaired) electrons. The Labute approximate surface area is 91.9 Å². The van der Waals surface area contributed by atoms with Crippen LogP contribution in [0.4, 0.5) is 4.39 Å². The molecule has 1 nitrogen and oxygen atoms in total. The molecule has 0 amide bonds. The van der Waals surface area contributed by atoms with Gasteiger partial charge >= 0.3 is 0 Å². The summed E-state index contributed by atoms with van der Waals surface area (Å²) >= 11 is 1.37. The lowest BCUT2D eigenvalue weighted by atomic mass is 10.1. The zero-order valence-corrected chi connectivity index (χ0v) is 8.80. The number of halogens is 1. The van der Waals surface area contributed by atoms with Crippen molar-refractivity contribution in [3.05, 3.63) is 53.8 Å². The molecule has 0 atom stereocenters. The molecule has 0 aliphatic rings. The molecule has 0 aliphatic carbocycles. The third kappa shape index (κ3) is 2.13. The van der Waals surface area contributed by atoms with Crippen LogP contribution in [0.3, 0.4) is 0 Å². The van der Waals surface area contributed by atoms with Gasteiger partial charge in [0.25, 0.3) is 0 Å². The largest absolute Gasteiger partial charge is 0.265 e. The molecule has 2 aromatic heterocycles. The van der Waals surface area contributed by atoms with Gasteiger partial charge in [-0.25, -0.2) is 4.39 Å². The number of hydrogen-bond acceptors (Lipinski definition) is 2. The van der Waals surface area contributed by atoms with Crippen LogP contribution in [0.15, 0.2) is 42.0 Å². The van der Waals surface area contributed by atoms with Crippen molar-refractivity contribution in [2.75, 3.05) is 0 Å². The van der Waals surface area contributed by atoms with Crippen LogP contribution in [0.5, 0.6) is 0 Å². The Morgan fingerprint density at radius 2 is 2.07 bits per heavy atom. The Bertz CT molecular complexity index is 473. The molecule has 0 aliphatic heterocycles. The lowest BCUT2D eigenvalue weighted by Crippen LogP contribution is -1.74. The van der Waals surface area contributed by atoms with Crippen molar-refractivity contribution in [1.82, 2.24) is 4.98 Å². The van der Waals surface area contributed by atoms with E-state index in [1.807, 2.05) is 23.6 Å². The van der Waals surface area contributed by atoms with E-state index in [0.717, 1.165) is 11.1 Å². The molecule has 2 heterocycles. The minimum Gasteiger partial charge on any atom is -0.265 e. The molecule has 2 rings (SSSR count). The number of nitrogens with zero attached hydrogens (tertiary/aromatic N) is 1. The lowest BCUT2D eigenvalue weighted by molar-refractivity contribution is 0.764. The number of hydrogen-bond donors (Lipinski definition) is 0. The molecule has 0 unspecified atom stereocenters. The van der Waals surface area contributed by atoms with E-state index >= 15 is 0 Å². The summed E-state index contributed by atoms with van der Waals surface area (Å²) in [5.74, 6) is -0.277. The topological polar surface area (TPSA) is 12.9 Å². The summed E-state index contributed by atoms with van der Waals surface area (Å²) in [5.41, 5.74) is 2.05. The van der Waals surface area contributed by atoms with Crippen LogP contribution in [0.2, 0.25) is 0 Å². The normalized spacial score (nSPS) is 11.7. The van der Waals surface area contributed by atoms with Crippen LogP contribution < -0.4 is 0 Å². The number of allylic oxidation sites excluding steroid dienone is 1. The van der Waals surface area contributed by atoms with Gasteiger partial charge < -0.3 is 0 Å². The molecule has 0 spiro atoms. The minimum atomic E-state index is -0.277. The monoisotopic (exact) mass is 218 g/mol. The third-order valence-electron chi connectivity index (χ3n) is 2.03. The zero-order valence-electron chi connectivity index (χ0n) is 7.98. The van der Waals surface area contributed by atoms with Crippen molar-refractivity contribution in [3.63, 3.8) is 0 Å². The maximum Gasteiger partial charge on any atom is 0.136 e. The number of aromatic nitrogens is 1. The summed E-state index contributed by atoms with van der Waals surface area (Å²) < 4.78 is 13.2. The molecule has 3 heteroatoms. The molecule has 0 saturated carbocycles. The molecule has 15 heavy (non-hydrogen) atoms. The van der Waals surface area contributed by atoms with Crippen molar-refractivity contribution in [2.45, 2.75) is 0 Å². The molecular formula is C12H9FNS. The molecule has 0 N–H and O–H groups in total. The van der Waals surface area contributed by atoms with Gasteiger partial charge in [0, 0.05) is 12.4 Å². The minimum absolute atomic E-state index is 0.277. The molecule has 2 aromatic rings. The van der Waals surface area contributed by atoms with E-state index in [4.69, 9.17) is 0 Å². The second kappa shape index (κ2) is 4.36. The smallest absolute Gasteiger partial charge is 0.136 e. The Morgan fingerprint density at radius 3 is 2.73 bits per heavy atom. The van der Waals surface area contributed by atoms with Crippen LogP contribution in [-0.4, -0.2) is 4.98 Å². The zero-order chi connectivity index (χ0) is 10.7. The average Bonchev–Trinajstić information content (AvgIpc) is 2.78. The summed E-state index contributed by atoms with van der Waals surface area (Å²) in [6.45, 7) is 3.40. The van der Waals surface area contributed by atoms with E-state index in [9.17, 15) is 4.39 Å². The van der Waals surface area contributed by atoms with Crippen LogP contribution in [0, 0.1) is 6.92 Å². The van der Waals surface area contributed by atoms with E-state index in [-0.39, 0.29) is 5.83 Å². The summed E-state index contributed by atoms with van der Waals surface area (Å²) in [7, 11) is 0. The highest BCUT2D eigenvalue weighted by Gasteiger charge is 2.05. The van der Waals surface area contributed by atoms with Gasteiger partial charge in [-0.1, -0.05) is 0 Å². The fraction of sp³-hybridized carbons (Fsp3) is 0. The first-order valence-electron chi connectivity index (χ1n) is 4.45. The van der Waals surface area contributed by atoms with Crippen molar-refractivity contribution >= 4 is 17.2 Å². The SMILES string of the molecule is [CH2]/C=C(\F)c1cc(-c2ccncc2)cs1. The fourth-order valence-corrected chi connectivity index (χ4v) is 2.11. The van der Waals surface area contributed by atoms with Crippen LogP contribution >= 0.6 is 11.3 Å². The predicted octanol–water partition coefficient (Wildman–Crippen LogP) is 3.95. The van der Waals surface area contributed by atoms with Gasteiger partial charge in [-0.05, 0) is 47.7 Å². The van der Waals surface area contributed by atoms with Crippen molar-refractivity contribution in [1.29, 1.82) is 0 Å². The van der Waals surface area contributed by atoms with Crippen LogP contribution in [0.1, 0.15) is 4.88 Å². The van der Waals surface area contributed by atoms with Gasteiger partial charge in [-0.2, -0.15) is 0 Å². The second-order valence-electron chi connectivity index (χ2n) is 2.99. The van der Waals surface area contributed by atoms with Gasteiger partial charge in [0.05, 0.1) is 4.88 Å². The highest BCUT2D eigenvalue weighted by atomic mass is 32.1. The molecular weight excluding hydrogens is 209 g/mol. The van der Waals surface area contributed by atoms with Gasteiger partial charge in [-0.15, -0.1) is 11.3 Å². The van der Waals surface area contributed by atoms with E-state index in [0.29, 0.717) is 4.88 Å². The number of thiophene rings is 1. The Hall–Kier alpha value is -1.48. The van der Waals surface area contributed by atoms with Crippen LogP contribution in [-0.2, 0) is 0 Å². The molecule has 0 bridgehead atoms. The summed E-state index contributed by atoms with van der Waals surface area (Å²) in [6, 6.07) is 5.62. The van der Waals surface area contributed by atoms with E-state index in [1.165, 1.54) is 17.4 Å². The van der Waals surface area contributed by atoms with Gasteiger partial charge in [0.1, 0.15) is 5.83 Å². The summed E-state index contributed by atoms with van der Waals surface area (Å²) in [5, 5.41) is 1.92. The second-order valence-corrected chi connectivity index (χ2v) is 3.90. The Morgan fingerprint density at radius 1 is 1.33 bits per heavy atom. The first-order valence-corrected chi connectivity index (χ1v) is 5.33. The maximum atomic E-state index is 13.2. The molecule has 0 aromatic carbocycles. The van der Waals surface area contributed by atoms with Gasteiger partial charge in [0.2, 0.25) is 0 Å². The Kier molecular flexibility index (Phi) is 2.92. The van der Waals surface area contributed by atoms with Crippen molar-refractivity contribution < 1.29 is 4.39 Å². The summed E-state index contributed by atoms with van der Waals surface area (Å²) in [6.07, 6.45) is 4.67. The Balaban J connectivity index is 2.36. The quantitative estimate of drug-likeness (QED) is 0.743. The van der Waals surface area contributed by atoms with E-state index < -0.39 is 0 Å². The number of pyridine rings is 1. The van der Waals surface area contributed by atoms with Crippen molar-refractivity contribution in [2.24, 2.45) is 0 Å². The summed E-state index contributed by atoms with van der Waals surface area (Å²) in [4.78, 5) is 4.55. The lowest BCUT2D eigenvalue weighted by Gasteiger charge is -1.94. The van der Waals surface area contributed by atoms with E-state index in [2.05, 4.69) is 11.9 Å². The first kappa shape index (κ1) is 10.1. The van der Waals surface area contributed by atoms with Gasteiger partial charge in [-0.3, -0.25) is 4.98 Å². The predicted molar refractivity (Wildman–Crippen MR) is 62.0 cm³/mol. The number of rotatable bonds is 2.